The van der Waals surface area contributed by atoms with Gasteiger partial charge >= 0.3 is 17.9 Å². The highest BCUT2D eigenvalue weighted by Gasteiger charge is 2.19. The molecule has 0 spiro atoms. The van der Waals surface area contributed by atoms with Crippen molar-refractivity contribution in [1.29, 1.82) is 0 Å². The second-order valence-electron chi connectivity index (χ2n) is 17.1. The molecule has 0 saturated heterocycles. The number of carbonyl (C=O) groups excluding carboxylic acids is 3. The average Bonchev–Trinajstić information content (AvgIpc) is 3.37. The molecule has 0 aromatic rings. The van der Waals surface area contributed by atoms with Gasteiger partial charge in [0.1, 0.15) is 13.2 Å². The summed E-state index contributed by atoms with van der Waals surface area (Å²) in [5, 5.41) is 0. The molecule has 1 unspecified atom stereocenters. The van der Waals surface area contributed by atoms with Crippen molar-refractivity contribution in [3.05, 3.63) is 194 Å². The highest BCUT2D eigenvalue weighted by Crippen LogP contribution is 2.12. The number of carbonyl (C=O) groups is 3. The van der Waals surface area contributed by atoms with E-state index in [1.54, 1.807) is 0 Å². The minimum atomic E-state index is -0.840. The van der Waals surface area contributed by atoms with E-state index < -0.39 is 6.10 Å². The molecule has 0 aliphatic heterocycles. The Balaban J connectivity index is 4.68. The molecule has 0 rings (SSSR count). The predicted octanol–water partition coefficient (Wildman–Crippen LogP) is 18.3. The fourth-order valence-electron chi connectivity index (χ4n) is 6.46. The van der Waals surface area contributed by atoms with Gasteiger partial charge in [0.05, 0.1) is 0 Å². The van der Waals surface area contributed by atoms with Gasteiger partial charge < -0.3 is 14.2 Å². The second kappa shape index (κ2) is 56.8. The summed E-state index contributed by atoms with van der Waals surface area (Å²) in [5.41, 5.74) is 0. The van der Waals surface area contributed by atoms with Gasteiger partial charge in [-0.25, -0.2) is 0 Å². The van der Waals surface area contributed by atoms with Crippen molar-refractivity contribution in [2.45, 2.75) is 181 Å². The molecule has 0 N–H and O–H groups in total. The quantitative estimate of drug-likeness (QED) is 0.0262. The summed E-state index contributed by atoms with van der Waals surface area (Å²) in [6, 6.07) is 0. The lowest BCUT2D eigenvalue weighted by molar-refractivity contribution is -0.167. The SMILES string of the molecule is CC\C=C/C=C\C=C/C=C\C=C\C=C/C=C\CCCCCC(=O)OCC(COC(=O)CCCCCCCC/C=C\C=C/CCCCC)OC(=O)CCCCC\C=C/C=C\C=C\C=C/C=C\C=C/C=C\CC. The Bertz CT molecular complexity index is 1780. The van der Waals surface area contributed by atoms with E-state index in [0.29, 0.717) is 19.3 Å². The van der Waals surface area contributed by atoms with Crippen molar-refractivity contribution < 1.29 is 28.6 Å². The normalized spacial score (nSPS) is 13.7. The Morgan fingerprint density at radius 3 is 0.887 bits per heavy atom. The molecule has 1 atom stereocenters. The van der Waals surface area contributed by atoms with Gasteiger partial charge in [-0.05, 0) is 83.5 Å². The van der Waals surface area contributed by atoms with Crippen molar-refractivity contribution in [2.24, 2.45) is 0 Å². The van der Waals surface area contributed by atoms with Crippen LogP contribution in [0.5, 0.6) is 0 Å². The molecule has 0 aliphatic carbocycles. The lowest BCUT2D eigenvalue weighted by atomic mass is 10.1. The molecule has 0 fully saturated rings. The van der Waals surface area contributed by atoms with Crippen LogP contribution < -0.4 is 0 Å². The standard InChI is InChI=1S/C65H94O6/c1-4-7-10-13-16-19-22-25-28-30-32-34-37-40-43-46-49-52-55-58-64(67)70-61-62(60-69-63(66)57-54-51-48-45-42-39-36-27-24-21-18-15-12-9-6-3)71-65(68)59-56-53-50-47-44-41-38-35-33-31-29-26-23-20-17-14-11-8-5-2/h7-8,10-11,13-14,16-35,37-38,40-41,43-44,62H,4-6,9,12,15,36,39,42,45-61H2,1-3H3/b10-7-,11-8-,16-13-,17-14-,21-18-,22-19-,23-20-,27-24-,28-25-,29-26-,32-30+,33-31+,37-34-,38-35-,43-40-,44-41-. The minimum absolute atomic E-state index is 0.130. The van der Waals surface area contributed by atoms with Gasteiger partial charge in [0.2, 0.25) is 0 Å². The van der Waals surface area contributed by atoms with Crippen molar-refractivity contribution in [3.63, 3.8) is 0 Å². The first-order valence-electron chi connectivity index (χ1n) is 27.2. The maximum atomic E-state index is 12.8. The Labute approximate surface area is 433 Å². The zero-order valence-electron chi connectivity index (χ0n) is 44.4. The molecular formula is C65H94O6. The molecule has 6 nitrogen and oxygen atoms in total. The molecule has 0 heterocycles. The summed E-state index contributed by atoms with van der Waals surface area (Å²) in [6.45, 7) is 6.19. The van der Waals surface area contributed by atoms with Gasteiger partial charge in [0.15, 0.2) is 6.10 Å². The van der Waals surface area contributed by atoms with Crippen LogP contribution in [0.1, 0.15) is 175 Å². The van der Waals surface area contributed by atoms with Crippen LogP contribution in [-0.4, -0.2) is 37.2 Å². The van der Waals surface area contributed by atoms with Crippen molar-refractivity contribution in [2.75, 3.05) is 13.2 Å². The van der Waals surface area contributed by atoms with E-state index in [0.717, 1.165) is 89.9 Å². The van der Waals surface area contributed by atoms with E-state index >= 15 is 0 Å². The third kappa shape index (κ3) is 55.1. The van der Waals surface area contributed by atoms with Crippen LogP contribution in [0.3, 0.4) is 0 Å². The molecule has 0 aromatic carbocycles. The Morgan fingerprint density at radius 1 is 0.296 bits per heavy atom. The number of ether oxygens (including phenoxy) is 3. The molecule has 0 saturated carbocycles. The summed E-state index contributed by atoms with van der Waals surface area (Å²) in [6.07, 6.45) is 86.8. The van der Waals surface area contributed by atoms with E-state index in [4.69, 9.17) is 14.2 Å². The van der Waals surface area contributed by atoms with Gasteiger partial charge in [-0.2, -0.15) is 0 Å². The fourth-order valence-corrected chi connectivity index (χ4v) is 6.46. The summed E-state index contributed by atoms with van der Waals surface area (Å²) in [5.74, 6) is -1.05. The van der Waals surface area contributed by atoms with Crippen LogP contribution >= 0.6 is 0 Å². The molecule has 0 aliphatic rings. The highest BCUT2D eigenvalue weighted by molar-refractivity contribution is 5.71. The van der Waals surface area contributed by atoms with Crippen molar-refractivity contribution >= 4 is 17.9 Å². The third-order valence-corrected chi connectivity index (χ3v) is 10.5. The highest BCUT2D eigenvalue weighted by atomic mass is 16.6. The summed E-state index contributed by atoms with van der Waals surface area (Å²) in [4.78, 5) is 38.1. The molecule has 0 radical (unpaired) electrons. The lowest BCUT2D eigenvalue weighted by Gasteiger charge is -2.18. The van der Waals surface area contributed by atoms with Crippen LogP contribution in [0.4, 0.5) is 0 Å². The number of rotatable bonds is 45. The van der Waals surface area contributed by atoms with Gasteiger partial charge in [-0.1, -0.05) is 267 Å². The number of allylic oxidation sites excluding steroid dienone is 32. The van der Waals surface area contributed by atoms with Crippen LogP contribution in [0, 0.1) is 0 Å². The molecule has 0 amide bonds. The first-order valence-corrected chi connectivity index (χ1v) is 27.2. The first kappa shape index (κ1) is 65.2. The van der Waals surface area contributed by atoms with Crippen LogP contribution in [0.25, 0.3) is 0 Å². The van der Waals surface area contributed by atoms with Crippen molar-refractivity contribution in [1.82, 2.24) is 0 Å². The topological polar surface area (TPSA) is 78.9 Å². The molecule has 0 aromatic heterocycles. The second-order valence-corrected chi connectivity index (χ2v) is 17.1. The third-order valence-electron chi connectivity index (χ3n) is 10.5. The van der Waals surface area contributed by atoms with E-state index in [1.807, 2.05) is 146 Å². The zero-order chi connectivity index (χ0) is 51.4. The molecule has 6 heteroatoms. The van der Waals surface area contributed by atoms with E-state index in [9.17, 15) is 14.4 Å². The summed E-state index contributed by atoms with van der Waals surface area (Å²) < 4.78 is 16.7. The maximum Gasteiger partial charge on any atom is 0.306 e. The van der Waals surface area contributed by atoms with Gasteiger partial charge in [0.25, 0.3) is 0 Å². The largest absolute Gasteiger partial charge is 0.462 e. The Morgan fingerprint density at radius 2 is 0.549 bits per heavy atom. The zero-order valence-corrected chi connectivity index (χ0v) is 44.4. The Hall–Kier alpha value is -5.75. The summed E-state index contributed by atoms with van der Waals surface area (Å²) >= 11 is 0. The maximum absolute atomic E-state index is 12.8. The van der Waals surface area contributed by atoms with E-state index in [-0.39, 0.29) is 44.0 Å². The van der Waals surface area contributed by atoms with Crippen molar-refractivity contribution in [3.8, 4) is 0 Å². The number of esters is 3. The molecule has 390 valence electrons. The van der Waals surface area contributed by atoms with E-state index in [2.05, 4.69) is 69.4 Å². The number of hydrogen-bond donors (Lipinski definition) is 0. The Kier molecular flexibility index (Phi) is 52.2. The summed E-state index contributed by atoms with van der Waals surface area (Å²) in [7, 11) is 0. The first-order chi connectivity index (χ1) is 35.0. The van der Waals surface area contributed by atoms with Gasteiger partial charge in [0, 0.05) is 19.3 Å². The molecule has 0 bridgehead atoms. The van der Waals surface area contributed by atoms with Crippen LogP contribution in [-0.2, 0) is 28.6 Å². The monoisotopic (exact) mass is 971 g/mol. The van der Waals surface area contributed by atoms with E-state index in [1.165, 1.54) is 32.1 Å². The molecule has 71 heavy (non-hydrogen) atoms. The number of unbranched alkanes of at least 4 members (excludes halogenated alkanes) is 15. The van der Waals surface area contributed by atoms with Crippen LogP contribution in [0.15, 0.2) is 194 Å². The average molecular weight is 971 g/mol. The minimum Gasteiger partial charge on any atom is -0.462 e. The van der Waals surface area contributed by atoms with Gasteiger partial charge in [-0.3, -0.25) is 14.4 Å². The predicted molar refractivity (Wildman–Crippen MR) is 306 cm³/mol. The fraction of sp³-hybridized carbons (Fsp3) is 0.462. The van der Waals surface area contributed by atoms with Gasteiger partial charge in [-0.15, -0.1) is 0 Å². The number of hydrogen-bond acceptors (Lipinski definition) is 6. The lowest BCUT2D eigenvalue weighted by Crippen LogP contribution is -2.30. The molecular weight excluding hydrogens is 877 g/mol. The smallest absolute Gasteiger partial charge is 0.306 e. The van der Waals surface area contributed by atoms with Crippen LogP contribution in [0.2, 0.25) is 0 Å².